The molecule has 1 aliphatic rings. The molecule has 2 heterocycles. The summed E-state index contributed by atoms with van der Waals surface area (Å²) in [6.45, 7) is 6.24. The van der Waals surface area contributed by atoms with Crippen molar-refractivity contribution < 1.29 is 14.3 Å². The number of nitrogens with zero attached hydrogens (tertiary/aromatic N) is 2. The monoisotopic (exact) mass is 387 g/mol. The highest BCUT2D eigenvalue weighted by Gasteiger charge is 2.28. The Morgan fingerprint density at radius 3 is 2.63 bits per heavy atom. The molecule has 2 aromatic rings. The fraction of sp³-hybridized carbons (Fsp3) is 0.400. The van der Waals surface area contributed by atoms with E-state index in [0.717, 1.165) is 34.1 Å². The second kappa shape index (κ2) is 7.68. The first kappa shape index (κ1) is 19.4. The second-order valence-corrected chi connectivity index (χ2v) is 8.27. The van der Waals surface area contributed by atoms with Crippen molar-refractivity contribution in [1.82, 2.24) is 9.78 Å². The van der Waals surface area contributed by atoms with Crippen molar-refractivity contribution in [2.45, 2.75) is 37.8 Å². The molecule has 0 fully saturated rings. The Morgan fingerprint density at radius 2 is 1.96 bits per heavy atom. The molecule has 1 amide bonds. The number of fused-ring (bicyclic) bond motifs is 1. The normalized spacial score (nSPS) is 13.7. The van der Waals surface area contributed by atoms with Crippen LogP contribution in [0.15, 0.2) is 24.3 Å². The predicted molar refractivity (Wildman–Crippen MR) is 109 cm³/mol. The zero-order valence-electron chi connectivity index (χ0n) is 16.3. The van der Waals surface area contributed by atoms with Crippen LogP contribution in [0.25, 0.3) is 6.08 Å². The highest BCUT2D eigenvalue weighted by Crippen LogP contribution is 2.37. The smallest absolute Gasteiger partial charge is 0.249 e. The summed E-state index contributed by atoms with van der Waals surface area (Å²) in [6.07, 6.45) is 3.28. The third-order valence-corrected chi connectivity index (χ3v) is 5.23. The van der Waals surface area contributed by atoms with Crippen molar-refractivity contribution in [3.8, 4) is 11.5 Å². The maximum absolute atomic E-state index is 12.5. The SMILES string of the molecule is COc1ccc(/C=C\C(=O)Nc2c3c(nn2C(C)(C)C)CSC3)cc1OC. The first-order valence-corrected chi connectivity index (χ1v) is 9.89. The topological polar surface area (TPSA) is 65.4 Å². The van der Waals surface area contributed by atoms with Gasteiger partial charge in [-0.15, -0.1) is 0 Å². The van der Waals surface area contributed by atoms with Crippen molar-refractivity contribution >= 4 is 29.6 Å². The summed E-state index contributed by atoms with van der Waals surface area (Å²) in [5.41, 5.74) is 2.84. The lowest BCUT2D eigenvalue weighted by Gasteiger charge is -2.23. The number of carbonyl (C=O) groups is 1. The summed E-state index contributed by atoms with van der Waals surface area (Å²) in [6, 6.07) is 5.52. The van der Waals surface area contributed by atoms with Gasteiger partial charge < -0.3 is 14.8 Å². The molecule has 144 valence electrons. The van der Waals surface area contributed by atoms with Gasteiger partial charge in [0, 0.05) is 23.1 Å². The minimum absolute atomic E-state index is 0.185. The van der Waals surface area contributed by atoms with Crippen LogP contribution < -0.4 is 14.8 Å². The van der Waals surface area contributed by atoms with Crippen LogP contribution in [-0.4, -0.2) is 29.9 Å². The molecule has 7 heteroatoms. The van der Waals surface area contributed by atoms with Crippen molar-refractivity contribution in [3.63, 3.8) is 0 Å². The summed E-state index contributed by atoms with van der Waals surface area (Å²) in [5.74, 6) is 3.66. The van der Waals surface area contributed by atoms with E-state index in [1.165, 1.54) is 6.08 Å². The molecule has 1 aromatic heterocycles. The van der Waals surface area contributed by atoms with Crippen LogP contribution in [0.5, 0.6) is 11.5 Å². The van der Waals surface area contributed by atoms with E-state index >= 15 is 0 Å². The number of ether oxygens (including phenoxy) is 2. The zero-order chi connectivity index (χ0) is 19.6. The van der Waals surface area contributed by atoms with Gasteiger partial charge in [-0.3, -0.25) is 4.79 Å². The molecule has 27 heavy (non-hydrogen) atoms. The van der Waals surface area contributed by atoms with Crippen LogP contribution in [0, 0.1) is 0 Å². The molecule has 6 nitrogen and oxygen atoms in total. The van der Waals surface area contributed by atoms with Crippen LogP contribution in [0.2, 0.25) is 0 Å². The fourth-order valence-corrected chi connectivity index (χ4v) is 3.95. The summed E-state index contributed by atoms with van der Waals surface area (Å²) in [5, 5.41) is 7.73. The lowest BCUT2D eigenvalue weighted by Crippen LogP contribution is -2.26. The van der Waals surface area contributed by atoms with E-state index in [9.17, 15) is 4.79 Å². The Labute approximate surface area is 163 Å². The highest BCUT2D eigenvalue weighted by atomic mass is 32.2. The molecular formula is C20H25N3O3S. The molecule has 0 aliphatic carbocycles. The number of nitrogens with one attached hydrogen (secondary N) is 1. The first-order valence-electron chi connectivity index (χ1n) is 8.73. The largest absolute Gasteiger partial charge is 0.493 e. The summed E-state index contributed by atoms with van der Waals surface area (Å²) >= 11 is 1.82. The standard InChI is InChI=1S/C20H25N3O3S/c1-20(2,3)23-19(14-11-27-12-15(14)22-23)21-18(24)9-7-13-6-8-16(25-4)17(10-13)26-5/h6-10H,11-12H2,1-5H3,(H,21,24)/b9-7-. The number of methoxy groups -OCH3 is 2. The van der Waals surface area contributed by atoms with E-state index in [2.05, 4.69) is 26.1 Å². The summed E-state index contributed by atoms with van der Waals surface area (Å²) in [7, 11) is 3.18. The number of anilines is 1. The van der Waals surface area contributed by atoms with E-state index in [1.54, 1.807) is 20.3 Å². The van der Waals surface area contributed by atoms with Gasteiger partial charge >= 0.3 is 0 Å². The summed E-state index contributed by atoms with van der Waals surface area (Å²) < 4.78 is 12.4. The highest BCUT2D eigenvalue weighted by molar-refractivity contribution is 7.98. The quantitative estimate of drug-likeness (QED) is 0.784. The van der Waals surface area contributed by atoms with Crippen molar-refractivity contribution in [3.05, 3.63) is 41.1 Å². The number of rotatable bonds is 5. The van der Waals surface area contributed by atoms with Gasteiger partial charge in [0.2, 0.25) is 5.91 Å². The predicted octanol–water partition coefficient (Wildman–Crippen LogP) is 4.05. The first-order chi connectivity index (χ1) is 12.8. The number of aromatic nitrogens is 2. The van der Waals surface area contributed by atoms with E-state index in [0.29, 0.717) is 11.5 Å². The molecular weight excluding hydrogens is 362 g/mol. The Balaban J connectivity index is 1.80. The maximum Gasteiger partial charge on any atom is 0.249 e. The Bertz CT molecular complexity index is 881. The molecule has 3 rings (SSSR count). The molecule has 1 aromatic carbocycles. The van der Waals surface area contributed by atoms with Gasteiger partial charge in [-0.25, -0.2) is 4.68 Å². The van der Waals surface area contributed by atoms with Gasteiger partial charge in [0.25, 0.3) is 0 Å². The van der Waals surface area contributed by atoms with Crippen molar-refractivity contribution in [1.29, 1.82) is 0 Å². The molecule has 0 unspecified atom stereocenters. The van der Waals surface area contributed by atoms with Gasteiger partial charge in [-0.1, -0.05) is 6.07 Å². The molecule has 0 bridgehead atoms. The Kier molecular flexibility index (Phi) is 5.51. The Hall–Kier alpha value is -2.41. The summed E-state index contributed by atoms with van der Waals surface area (Å²) in [4.78, 5) is 12.5. The van der Waals surface area contributed by atoms with Gasteiger partial charge in [-0.05, 0) is 44.5 Å². The lowest BCUT2D eigenvalue weighted by molar-refractivity contribution is -0.111. The van der Waals surface area contributed by atoms with Crippen LogP contribution in [0.4, 0.5) is 5.82 Å². The van der Waals surface area contributed by atoms with Crippen LogP contribution in [0.3, 0.4) is 0 Å². The van der Waals surface area contributed by atoms with E-state index < -0.39 is 0 Å². The van der Waals surface area contributed by atoms with Gasteiger partial charge in [0.05, 0.1) is 25.5 Å². The number of carbonyl (C=O) groups excluding carboxylic acids is 1. The molecule has 0 saturated carbocycles. The molecule has 1 aliphatic heterocycles. The van der Waals surface area contributed by atoms with Crippen LogP contribution >= 0.6 is 11.8 Å². The average molecular weight is 388 g/mol. The number of hydrogen-bond donors (Lipinski definition) is 1. The van der Waals surface area contributed by atoms with Crippen LogP contribution in [0.1, 0.15) is 37.6 Å². The lowest BCUT2D eigenvalue weighted by atomic mass is 10.1. The van der Waals surface area contributed by atoms with E-state index in [-0.39, 0.29) is 11.4 Å². The minimum atomic E-state index is -0.204. The maximum atomic E-state index is 12.5. The number of benzene rings is 1. The van der Waals surface area contributed by atoms with Gasteiger partial charge in [-0.2, -0.15) is 16.9 Å². The Morgan fingerprint density at radius 1 is 1.22 bits per heavy atom. The molecule has 0 atom stereocenters. The van der Waals surface area contributed by atoms with E-state index in [4.69, 9.17) is 14.6 Å². The molecule has 0 saturated heterocycles. The fourth-order valence-electron chi connectivity index (χ4n) is 2.91. The number of thioether (sulfide) groups is 1. The molecule has 0 radical (unpaired) electrons. The number of amides is 1. The third kappa shape index (κ3) is 4.13. The number of hydrogen-bond acceptors (Lipinski definition) is 5. The van der Waals surface area contributed by atoms with Gasteiger partial charge in [0.1, 0.15) is 5.82 Å². The van der Waals surface area contributed by atoms with Crippen LogP contribution in [-0.2, 0) is 21.8 Å². The molecule has 0 spiro atoms. The average Bonchev–Trinajstić information content (AvgIpc) is 3.22. The van der Waals surface area contributed by atoms with Crippen molar-refractivity contribution in [2.75, 3.05) is 19.5 Å². The third-order valence-electron chi connectivity index (χ3n) is 4.26. The second-order valence-electron chi connectivity index (χ2n) is 7.29. The van der Waals surface area contributed by atoms with Gasteiger partial charge in [0.15, 0.2) is 11.5 Å². The van der Waals surface area contributed by atoms with Crippen molar-refractivity contribution in [2.24, 2.45) is 0 Å². The minimum Gasteiger partial charge on any atom is -0.493 e. The zero-order valence-corrected chi connectivity index (χ0v) is 17.1. The van der Waals surface area contributed by atoms with E-state index in [1.807, 2.05) is 34.6 Å². The molecule has 1 N–H and O–H groups in total.